The number of esters is 1. The minimum atomic E-state index is -0.896. The molecule has 3 rings (SSSR count). The minimum Gasteiger partial charge on any atom is -0.433 e. The van der Waals surface area contributed by atoms with Gasteiger partial charge in [0.15, 0.2) is 0 Å². The standard InChI is InChI=1S/C24H33ClN4O6.CH3.V/c1-5-34-23-16(12-18(30)35-23)27-21(32)17-7-6-10-29(17)22(33)19(24(2,3)4)28-20(31)13-8-9-15(26)14(25)11-13;;/h8-9,11,16-17,19,23H,5-7,10,12,26H2,1-4H3,(H,27,32)(H,28,31);1H3;/q;-1;/t16-,17-,19+,23?;;/m0../s1. The van der Waals surface area contributed by atoms with E-state index in [0.29, 0.717) is 31.7 Å². The molecule has 1 aromatic carbocycles. The average Bonchev–Trinajstić information content (AvgIpc) is 3.39. The SMILES string of the molecule is CCOC1OC(=O)C[C@@H]1NC(=O)[C@@H]1CCCN1C(=O)[C@@H](NC(=O)c1ccc(N)c(Cl)c1)C(C)(C)C.[CH3-].[V]. The number of nitrogen functional groups attached to an aromatic ring is 1. The van der Waals surface area contributed by atoms with Crippen LogP contribution in [0.4, 0.5) is 5.69 Å². The van der Waals surface area contributed by atoms with Crippen LogP contribution in [0.1, 0.15) is 57.3 Å². The molecule has 3 amide bonds. The van der Waals surface area contributed by atoms with Crippen LogP contribution >= 0.6 is 11.6 Å². The van der Waals surface area contributed by atoms with Crippen LogP contribution in [-0.2, 0) is 42.4 Å². The number of anilines is 1. The fourth-order valence-electron chi connectivity index (χ4n) is 4.25. The van der Waals surface area contributed by atoms with E-state index in [9.17, 15) is 19.2 Å². The van der Waals surface area contributed by atoms with Crippen molar-refractivity contribution in [1.29, 1.82) is 0 Å². The van der Waals surface area contributed by atoms with E-state index in [2.05, 4.69) is 10.6 Å². The Kier molecular flexibility index (Phi) is 12.0. The van der Waals surface area contributed by atoms with E-state index in [1.54, 1.807) is 6.92 Å². The number of rotatable bonds is 7. The number of ether oxygens (including phenoxy) is 2. The Balaban J connectivity index is 0.00000342. The normalized spacial score (nSPS) is 21.8. The first kappa shape index (κ1) is 32.8. The zero-order chi connectivity index (χ0) is 25.9. The number of hydrogen-bond donors (Lipinski definition) is 3. The molecule has 0 spiro atoms. The zero-order valence-electron chi connectivity index (χ0n) is 21.9. The number of cyclic esters (lactones) is 1. The van der Waals surface area contributed by atoms with Crippen molar-refractivity contribution in [3.63, 3.8) is 0 Å². The van der Waals surface area contributed by atoms with Gasteiger partial charge in [0.05, 0.1) is 17.1 Å². The number of likely N-dealkylation sites (tertiary alicyclic amines) is 1. The number of halogens is 1. The number of nitrogens with one attached hydrogen (secondary N) is 2. The summed E-state index contributed by atoms with van der Waals surface area (Å²) in [6.07, 6.45) is 0.255. The number of hydrogen-bond acceptors (Lipinski definition) is 7. The summed E-state index contributed by atoms with van der Waals surface area (Å²) in [5.74, 6) is -1.66. The molecule has 1 aromatic rings. The van der Waals surface area contributed by atoms with Crippen molar-refractivity contribution in [1.82, 2.24) is 15.5 Å². The van der Waals surface area contributed by atoms with Gasteiger partial charge in [-0.15, -0.1) is 0 Å². The van der Waals surface area contributed by atoms with Gasteiger partial charge in [-0.2, -0.15) is 0 Å². The van der Waals surface area contributed by atoms with E-state index in [1.807, 2.05) is 20.8 Å². The van der Waals surface area contributed by atoms with E-state index >= 15 is 0 Å². The van der Waals surface area contributed by atoms with Crippen molar-refractivity contribution in [2.24, 2.45) is 5.41 Å². The maximum atomic E-state index is 13.6. The molecule has 205 valence electrons. The molecule has 1 radical (unpaired) electrons. The fraction of sp³-hybridized carbons (Fsp3) is 0.560. The maximum Gasteiger partial charge on any atom is 0.310 e. The first-order chi connectivity index (χ1) is 16.4. The Morgan fingerprint density at radius 2 is 1.97 bits per heavy atom. The van der Waals surface area contributed by atoms with Gasteiger partial charge in [-0.1, -0.05) is 32.4 Å². The smallest absolute Gasteiger partial charge is 0.310 e. The first-order valence-electron chi connectivity index (χ1n) is 11.7. The second-order valence-electron chi connectivity index (χ2n) is 9.83. The van der Waals surface area contributed by atoms with Gasteiger partial charge >= 0.3 is 5.97 Å². The van der Waals surface area contributed by atoms with Crippen LogP contribution in [-0.4, -0.2) is 66.2 Å². The molecular weight excluding hydrogens is 539 g/mol. The Bertz CT molecular complexity index is 1000. The van der Waals surface area contributed by atoms with Crippen molar-refractivity contribution in [2.45, 2.75) is 71.4 Å². The number of nitrogens with two attached hydrogens (primary N) is 1. The molecule has 37 heavy (non-hydrogen) atoms. The zero-order valence-corrected chi connectivity index (χ0v) is 24.0. The second-order valence-corrected chi connectivity index (χ2v) is 10.2. The summed E-state index contributed by atoms with van der Waals surface area (Å²) in [5, 5.41) is 5.86. The number of benzene rings is 1. The summed E-state index contributed by atoms with van der Waals surface area (Å²) in [6, 6.07) is 2.26. The minimum absolute atomic E-state index is 0. The molecule has 2 aliphatic heterocycles. The summed E-state index contributed by atoms with van der Waals surface area (Å²) in [5.41, 5.74) is 5.71. The third-order valence-electron chi connectivity index (χ3n) is 6.11. The first-order valence-corrected chi connectivity index (χ1v) is 12.1. The van der Waals surface area contributed by atoms with Gasteiger partial charge in [-0.05, 0) is 43.4 Å². The Morgan fingerprint density at radius 3 is 2.57 bits per heavy atom. The molecule has 2 aliphatic rings. The summed E-state index contributed by atoms with van der Waals surface area (Å²) in [4.78, 5) is 52.9. The number of carbonyl (C=O) groups excluding carboxylic acids is 4. The van der Waals surface area contributed by atoms with E-state index in [4.69, 9.17) is 26.8 Å². The quantitative estimate of drug-likeness (QED) is 0.258. The van der Waals surface area contributed by atoms with Crippen molar-refractivity contribution in [3.05, 3.63) is 36.2 Å². The number of carbonyl (C=O) groups is 4. The van der Waals surface area contributed by atoms with Gasteiger partial charge in [0.2, 0.25) is 18.1 Å². The third kappa shape index (κ3) is 7.86. The summed E-state index contributed by atoms with van der Waals surface area (Å²) < 4.78 is 10.5. The molecule has 1 unspecified atom stereocenters. The predicted octanol–water partition coefficient (Wildman–Crippen LogP) is 2.30. The van der Waals surface area contributed by atoms with Crippen LogP contribution in [0.5, 0.6) is 0 Å². The van der Waals surface area contributed by atoms with Crippen LogP contribution < -0.4 is 16.4 Å². The molecule has 4 atom stereocenters. The number of amides is 3. The van der Waals surface area contributed by atoms with Crippen molar-refractivity contribution >= 4 is 41.0 Å². The van der Waals surface area contributed by atoms with Crippen molar-refractivity contribution in [3.8, 4) is 0 Å². The van der Waals surface area contributed by atoms with Gasteiger partial charge in [-0.3, -0.25) is 19.2 Å². The monoisotopic (exact) mass is 574 g/mol. The van der Waals surface area contributed by atoms with Gasteiger partial charge in [0.1, 0.15) is 18.1 Å². The molecule has 0 saturated carbocycles. The second kappa shape index (κ2) is 13.5. The maximum absolute atomic E-state index is 13.6. The van der Waals surface area contributed by atoms with Gasteiger partial charge in [-0.25, -0.2) is 0 Å². The van der Waals surface area contributed by atoms with Crippen LogP contribution in [0, 0.1) is 12.8 Å². The van der Waals surface area contributed by atoms with Crippen molar-refractivity contribution < 1.29 is 47.2 Å². The Morgan fingerprint density at radius 1 is 1.30 bits per heavy atom. The van der Waals surface area contributed by atoms with Gasteiger partial charge in [0.25, 0.3) is 5.91 Å². The van der Waals surface area contributed by atoms with Crippen LogP contribution in [0.15, 0.2) is 18.2 Å². The summed E-state index contributed by atoms with van der Waals surface area (Å²) in [6.45, 7) is 7.98. The molecular formula is C25H36ClN4O6V-. The largest absolute Gasteiger partial charge is 0.433 e. The molecule has 0 aliphatic carbocycles. The predicted molar refractivity (Wildman–Crippen MR) is 136 cm³/mol. The van der Waals surface area contributed by atoms with Gasteiger partial charge < -0.3 is 38.2 Å². The molecule has 2 saturated heterocycles. The van der Waals surface area contributed by atoms with E-state index in [1.165, 1.54) is 23.1 Å². The van der Waals surface area contributed by atoms with E-state index < -0.39 is 41.7 Å². The Hall–Kier alpha value is -2.27. The molecule has 10 nitrogen and oxygen atoms in total. The van der Waals surface area contributed by atoms with Crippen LogP contribution in [0.2, 0.25) is 5.02 Å². The topological polar surface area (TPSA) is 140 Å². The molecule has 0 aromatic heterocycles. The molecule has 0 bridgehead atoms. The van der Waals surface area contributed by atoms with Crippen molar-refractivity contribution in [2.75, 3.05) is 18.9 Å². The summed E-state index contributed by atoms with van der Waals surface area (Å²) >= 11 is 6.05. The van der Waals surface area contributed by atoms with E-state index in [-0.39, 0.29) is 54.8 Å². The van der Waals surface area contributed by atoms with Gasteiger partial charge in [0, 0.05) is 37.3 Å². The molecule has 12 heteroatoms. The van der Waals surface area contributed by atoms with Crippen LogP contribution in [0.25, 0.3) is 0 Å². The number of nitrogens with zero attached hydrogens (tertiary/aromatic N) is 1. The van der Waals surface area contributed by atoms with Crippen LogP contribution in [0.3, 0.4) is 0 Å². The molecule has 2 heterocycles. The third-order valence-corrected chi connectivity index (χ3v) is 6.44. The molecule has 4 N–H and O–H groups in total. The Labute approximate surface area is 235 Å². The fourth-order valence-corrected chi connectivity index (χ4v) is 4.43. The average molecular weight is 575 g/mol. The molecule has 2 fully saturated rings. The van der Waals surface area contributed by atoms with E-state index in [0.717, 1.165) is 0 Å². The summed E-state index contributed by atoms with van der Waals surface area (Å²) in [7, 11) is 0.